The van der Waals surface area contributed by atoms with Crippen molar-refractivity contribution in [3.05, 3.63) is 44.8 Å². The Morgan fingerprint density at radius 2 is 2.00 bits per heavy atom. The maximum Gasteiger partial charge on any atom is 0.341 e. The van der Waals surface area contributed by atoms with Gasteiger partial charge in [-0.25, -0.2) is 4.79 Å². The van der Waals surface area contributed by atoms with Crippen LogP contribution in [0.4, 0.5) is 5.00 Å². The van der Waals surface area contributed by atoms with E-state index in [1.807, 2.05) is 6.92 Å². The van der Waals surface area contributed by atoms with Crippen LogP contribution >= 0.6 is 34.5 Å². The standard InChI is InChI=1S/C17H17Cl2NO4S/c1-4-23-17(22)12-7-9(2)25-16(12)20-15(21)10(3)24-14-6-5-11(18)8-13(14)19/h5-8,10H,4H2,1-3H3,(H,20,21). The van der Waals surface area contributed by atoms with Gasteiger partial charge >= 0.3 is 5.97 Å². The Morgan fingerprint density at radius 3 is 2.64 bits per heavy atom. The average Bonchev–Trinajstić information content (AvgIpc) is 2.90. The van der Waals surface area contributed by atoms with E-state index < -0.39 is 18.0 Å². The lowest BCUT2D eigenvalue weighted by Gasteiger charge is -2.15. The summed E-state index contributed by atoms with van der Waals surface area (Å²) < 4.78 is 10.6. The molecule has 134 valence electrons. The number of carbonyl (C=O) groups is 2. The number of aryl methyl sites for hydroxylation is 1. The summed E-state index contributed by atoms with van der Waals surface area (Å²) in [6.45, 7) is 5.41. The molecule has 25 heavy (non-hydrogen) atoms. The fourth-order valence-corrected chi connectivity index (χ4v) is 3.35. The minimum atomic E-state index is -0.823. The quantitative estimate of drug-likeness (QED) is 0.695. The maximum atomic E-state index is 12.4. The smallest absolute Gasteiger partial charge is 0.341 e. The Hall–Kier alpha value is -1.76. The number of esters is 1. The molecule has 0 fully saturated rings. The summed E-state index contributed by atoms with van der Waals surface area (Å²) >= 11 is 13.2. The van der Waals surface area contributed by atoms with E-state index in [0.717, 1.165) is 4.88 Å². The maximum absolute atomic E-state index is 12.4. The lowest BCUT2D eigenvalue weighted by molar-refractivity contribution is -0.122. The number of halogens is 2. The van der Waals surface area contributed by atoms with E-state index in [0.29, 0.717) is 26.4 Å². The van der Waals surface area contributed by atoms with Crippen LogP contribution in [-0.2, 0) is 9.53 Å². The summed E-state index contributed by atoms with van der Waals surface area (Å²) in [6.07, 6.45) is -0.823. The number of rotatable bonds is 6. The van der Waals surface area contributed by atoms with Crippen LogP contribution in [0.15, 0.2) is 24.3 Å². The molecule has 5 nitrogen and oxygen atoms in total. The van der Waals surface area contributed by atoms with Crippen molar-refractivity contribution in [1.82, 2.24) is 0 Å². The molecule has 8 heteroatoms. The number of benzene rings is 1. The lowest BCUT2D eigenvalue weighted by atomic mass is 10.3. The van der Waals surface area contributed by atoms with Gasteiger partial charge in [-0.1, -0.05) is 23.2 Å². The van der Waals surface area contributed by atoms with Crippen molar-refractivity contribution in [2.45, 2.75) is 26.9 Å². The van der Waals surface area contributed by atoms with Crippen molar-refractivity contribution >= 4 is 51.4 Å². The van der Waals surface area contributed by atoms with Crippen molar-refractivity contribution in [2.75, 3.05) is 11.9 Å². The molecule has 1 N–H and O–H groups in total. The van der Waals surface area contributed by atoms with Gasteiger partial charge in [0, 0.05) is 9.90 Å². The molecule has 0 aliphatic carbocycles. The molecule has 1 unspecified atom stereocenters. The molecule has 0 saturated carbocycles. The van der Waals surface area contributed by atoms with Crippen LogP contribution in [0.1, 0.15) is 29.1 Å². The van der Waals surface area contributed by atoms with Crippen molar-refractivity contribution < 1.29 is 19.1 Å². The van der Waals surface area contributed by atoms with Crippen molar-refractivity contribution in [1.29, 1.82) is 0 Å². The summed E-state index contributed by atoms with van der Waals surface area (Å²) in [7, 11) is 0. The minimum absolute atomic E-state index is 0.260. The molecule has 2 aromatic rings. The molecule has 1 aromatic carbocycles. The van der Waals surface area contributed by atoms with E-state index in [9.17, 15) is 9.59 Å². The molecule has 0 radical (unpaired) electrons. The number of ether oxygens (including phenoxy) is 2. The van der Waals surface area contributed by atoms with Gasteiger partial charge in [-0.2, -0.15) is 0 Å². The number of thiophene rings is 1. The van der Waals surface area contributed by atoms with E-state index in [1.54, 1.807) is 32.0 Å². The third kappa shape index (κ3) is 5.11. The van der Waals surface area contributed by atoms with Crippen molar-refractivity contribution in [3.63, 3.8) is 0 Å². The second-order valence-corrected chi connectivity index (χ2v) is 7.24. The monoisotopic (exact) mass is 401 g/mol. The second-order valence-electron chi connectivity index (χ2n) is 5.14. The third-order valence-electron chi connectivity index (χ3n) is 3.15. The van der Waals surface area contributed by atoms with Gasteiger partial charge in [0.2, 0.25) is 0 Å². The van der Waals surface area contributed by atoms with Crippen LogP contribution in [0.3, 0.4) is 0 Å². The summed E-state index contributed by atoms with van der Waals surface area (Å²) in [5, 5.41) is 3.92. The number of amides is 1. The fourth-order valence-electron chi connectivity index (χ4n) is 2.00. The largest absolute Gasteiger partial charge is 0.479 e. The van der Waals surface area contributed by atoms with Crippen LogP contribution in [0.25, 0.3) is 0 Å². The third-order valence-corrected chi connectivity index (χ3v) is 4.65. The first-order valence-electron chi connectivity index (χ1n) is 7.52. The normalized spacial score (nSPS) is 11.7. The number of hydrogen-bond acceptors (Lipinski definition) is 5. The first kappa shape index (κ1) is 19.6. The summed E-state index contributed by atoms with van der Waals surface area (Å²) in [5.74, 6) is -0.531. The van der Waals surface area contributed by atoms with E-state index in [4.69, 9.17) is 32.7 Å². The molecule has 1 aromatic heterocycles. The molecule has 1 amide bonds. The van der Waals surface area contributed by atoms with Crippen molar-refractivity contribution in [3.8, 4) is 5.75 Å². The Balaban J connectivity index is 2.10. The Bertz CT molecular complexity index is 791. The first-order valence-corrected chi connectivity index (χ1v) is 9.09. The predicted octanol–water partition coefficient (Wildman–Crippen LogP) is 4.95. The zero-order valence-electron chi connectivity index (χ0n) is 13.9. The number of nitrogens with one attached hydrogen (secondary N) is 1. The Labute approximate surface area is 159 Å². The zero-order chi connectivity index (χ0) is 18.6. The number of hydrogen-bond donors (Lipinski definition) is 1. The van der Waals surface area contributed by atoms with E-state index in [2.05, 4.69) is 5.32 Å². The molecule has 2 rings (SSSR count). The molecule has 0 saturated heterocycles. The molecule has 0 aliphatic rings. The predicted molar refractivity (Wildman–Crippen MR) is 100 cm³/mol. The molecule has 0 spiro atoms. The first-order chi connectivity index (χ1) is 11.8. The number of carbonyl (C=O) groups excluding carboxylic acids is 2. The summed E-state index contributed by atoms with van der Waals surface area (Å²) in [4.78, 5) is 25.2. The molecular weight excluding hydrogens is 385 g/mol. The Morgan fingerprint density at radius 1 is 1.28 bits per heavy atom. The minimum Gasteiger partial charge on any atom is -0.479 e. The number of anilines is 1. The zero-order valence-corrected chi connectivity index (χ0v) is 16.2. The van der Waals surface area contributed by atoms with Crippen LogP contribution in [0.2, 0.25) is 10.0 Å². The topological polar surface area (TPSA) is 64.6 Å². The van der Waals surface area contributed by atoms with Crippen LogP contribution < -0.4 is 10.1 Å². The van der Waals surface area contributed by atoms with Gasteiger partial charge in [0.05, 0.1) is 17.2 Å². The Kier molecular flexibility index (Phi) is 6.70. The SMILES string of the molecule is CCOC(=O)c1cc(C)sc1NC(=O)C(C)Oc1ccc(Cl)cc1Cl. The van der Waals surface area contributed by atoms with Gasteiger partial charge in [0.15, 0.2) is 6.10 Å². The highest BCUT2D eigenvalue weighted by molar-refractivity contribution is 7.16. The van der Waals surface area contributed by atoms with Gasteiger partial charge < -0.3 is 14.8 Å². The van der Waals surface area contributed by atoms with Crippen molar-refractivity contribution in [2.24, 2.45) is 0 Å². The van der Waals surface area contributed by atoms with Gasteiger partial charge in [-0.3, -0.25) is 4.79 Å². The van der Waals surface area contributed by atoms with Gasteiger partial charge in [-0.05, 0) is 45.0 Å². The van der Waals surface area contributed by atoms with Gasteiger partial charge in [0.25, 0.3) is 5.91 Å². The molecule has 1 atom stereocenters. The van der Waals surface area contributed by atoms with E-state index in [-0.39, 0.29) is 6.61 Å². The van der Waals surface area contributed by atoms with E-state index >= 15 is 0 Å². The molecule has 0 bridgehead atoms. The average molecular weight is 402 g/mol. The van der Waals surface area contributed by atoms with E-state index in [1.165, 1.54) is 17.4 Å². The lowest BCUT2D eigenvalue weighted by Crippen LogP contribution is -2.30. The highest BCUT2D eigenvalue weighted by atomic mass is 35.5. The highest BCUT2D eigenvalue weighted by Gasteiger charge is 2.22. The fraction of sp³-hybridized carbons (Fsp3) is 0.294. The van der Waals surface area contributed by atoms with Crippen LogP contribution in [0, 0.1) is 6.92 Å². The van der Waals surface area contributed by atoms with Gasteiger partial charge in [-0.15, -0.1) is 11.3 Å². The summed E-state index contributed by atoms with van der Waals surface area (Å²) in [5.41, 5.74) is 0.328. The molecule has 0 aliphatic heterocycles. The van der Waals surface area contributed by atoms with Gasteiger partial charge in [0.1, 0.15) is 10.8 Å². The molecule has 1 heterocycles. The van der Waals surface area contributed by atoms with Crippen LogP contribution in [0.5, 0.6) is 5.75 Å². The molecular formula is C17H17Cl2NO4S. The highest BCUT2D eigenvalue weighted by Crippen LogP contribution is 2.30. The van der Waals surface area contributed by atoms with Crippen LogP contribution in [-0.4, -0.2) is 24.6 Å². The second kappa shape index (κ2) is 8.56. The summed E-state index contributed by atoms with van der Waals surface area (Å²) in [6, 6.07) is 6.42.